The standard InChI is InChI=1S/C28H36N2O5/c1-27(2,3)24(25(33)30(28(4,5)6)16-15-23(31)32)29-26(34)35-17-22-20-13-9-7-11-18(20)19-12-8-10-14-21(19)22/h7-14,22,24H,15-17H2,1-6H3,(H,29,34)(H,31,32)/t24-/m1/s1. The third-order valence-corrected chi connectivity index (χ3v) is 6.34. The van der Waals surface area contributed by atoms with Crippen LogP contribution >= 0.6 is 0 Å². The van der Waals surface area contributed by atoms with E-state index in [1.54, 1.807) is 0 Å². The van der Waals surface area contributed by atoms with Crippen LogP contribution in [0.25, 0.3) is 11.1 Å². The number of carbonyl (C=O) groups is 3. The molecule has 0 aromatic heterocycles. The molecule has 0 heterocycles. The number of hydrogen-bond acceptors (Lipinski definition) is 4. The van der Waals surface area contributed by atoms with Gasteiger partial charge in [0.05, 0.1) is 6.42 Å². The van der Waals surface area contributed by atoms with Crippen molar-refractivity contribution in [2.45, 2.75) is 65.5 Å². The fourth-order valence-corrected chi connectivity index (χ4v) is 4.55. The summed E-state index contributed by atoms with van der Waals surface area (Å²) in [5.41, 5.74) is 3.27. The van der Waals surface area contributed by atoms with Gasteiger partial charge in [-0.25, -0.2) is 4.79 Å². The molecule has 0 saturated heterocycles. The predicted molar refractivity (Wildman–Crippen MR) is 135 cm³/mol. The zero-order valence-electron chi connectivity index (χ0n) is 21.4. The van der Waals surface area contributed by atoms with Crippen LogP contribution in [0.3, 0.4) is 0 Å². The zero-order chi connectivity index (χ0) is 26.0. The summed E-state index contributed by atoms with van der Waals surface area (Å²) in [6.07, 6.45) is -0.850. The van der Waals surface area contributed by atoms with E-state index in [9.17, 15) is 14.4 Å². The lowest BCUT2D eigenvalue weighted by Crippen LogP contribution is -2.59. The number of carboxylic acids is 1. The maximum atomic E-state index is 13.5. The second kappa shape index (κ2) is 10.1. The van der Waals surface area contributed by atoms with Crippen LogP contribution < -0.4 is 5.32 Å². The van der Waals surface area contributed by atoms with Gasteiger partial charge < -0.3 is 20.1 Å². The van der Waals surface area contributed by atoms with Gasteiger partial charge in [-0.2, -0.15) is 0 Å². The Morgan fingerprint density at radius 2 is 1.46 bits per heavy atom. The Morgan fingerprint density at radius 3 is 1.91 bits per heavy atom. The summed E-state index contributed by atoms with van der Waals surface area (Å²) in [6.45, 7) is 11.3. The van der Waals surface area contributed by atoms with Gasteiger partial charge in [0.25, 0.3) is 0 Å². The molecule has 2 N–H and O–H groups in total. The number of benzene rings is 2. The quantitative estimate of drug-likeness (QED) is 0.579. The lowest BCUT2D eigenvalue weighted by atomic mass is 9.85. The third-order valence-electron chi connectivity index (χ3n) is 6.34. The molecular weight excluding hydrogens is 444 g/mol. The first-order valence-corrected chi connectivity index (χ1v) is 12.0. The molecule has 7 heteroatoms. The van der Waals surface area contributed by atoms with E-state index in [1.165, 1.54) is 4.90 Å². The van der Waals surface area contributed by atoms with Crippen LogP contribution in [-0.2, 0) is 14.3 Å². The van der Waals surface area contributed by atoms with Crippen molar-refractivity contribution in [3.05, 3.63) is 59.7 Å². The van der Waals surface area contributed by atoms with Crippen molar-refractivity contribution in [1.29, 1.82) is 0 Å². The Hall–Kier alpha value is -3.35. The van der Waals surface area contributed by atoms with Crippen molar-refractivity contribution in [2.75, 3.05) is 13.2 Å². The Kier molecular flexibility index (Phi) is 7.58. The summed E-state index contributed by atoms with van der Waals surface area (Å²) in [6, 6.07) is 15.3. The fraction of sp³-hybridized carbons (Fsp3) is 0.464. The van der Waals surface area contributed by atoms with Crippen LogP contribution in [-0.4, -0.2) is 52.7 Å². The average molecular weight is 481 g/mol. The van der Waals surface area contributed by atoms with E-state index in [0.717, 1.165) is 22.3 Å². The molecule has 2 aromatic rings. The van der Waals surface area contributed by atoms with E-state index in [-0.39, 0.29) is 31.4 Å². The van der Waals surface area contributed by atoms with Gasteiger partial charge in [0.2, 0.25) is 5.91 Å². The smallest absolute Gasteiger partial charge is 0.407 e. The van der Waals surface area contributed by atoms with Gasteiger partial charge in [-0.05, 0) is 48.4 Å². The number of nitrogens with one attached hydrogen (secondary N) is 1. The number of carbonyl (C=O) groups excluding carboxylic acids is 2. The summed E-state index contributed by atoms with van der Waals surface area (Å²) >= 11 is 0. The predicted octanol–water partition coefficient (Wildman–Crippen LogP) is 5.04. The van der Waals surface area contributed by atoms with Crippen LogP contribution in [0.5, 0.6) is 0 Å². The molecule has 0 bridgehead atoms. The summed E-state index contributed by atoms with van der Waals surface area (Å²) in [4.78, 5) is 39.1. The molecule has 2 amide bonds. The molecule has 0 radical (unpaired) electrons. The van der Waals surface area contributed by atoms with Gasteiger partial charge >= 0.3 is 12.1 Å². The molecule has 1 aliphatic rings. The first-order chi connectivity index (χ1) is 16.3. The first kappa shape index (κ1) is 26.3. The summed E-state index contributed by atoms with van der Waals surface area (Å²) in [7, 11) is 0. The van der Waals surface area contributed by atoms with Crippen LogP contribution in [0.2, 0.25) is 0 Å². The number of rotatable bonds is 7. The highest BCUT2D eigenvalue weighted by Gasteiger charge is 2.40. The highest BCUT2D eigenvalue weighted by molar-refractivity contribution is 5.87. The number of aliphatic carboxylic acids is 1. The SMILES string of the molecule is CC(C)(C)[C@H](NC(=O)OCC1c2ccccc2-c2ccccc21)C(=O)N(CCC(=O)O)C(C)(C)C. The molecule has 188 valence electrons. The highest BCUT2D eigenvalue weighted by Crippen LogP contribution is 2.44. The lowest BCUT2D eigenvalue weighted by molar-refractivity contribution is -0.143. The highest BCUT2D eigenvalue weighted by atomic mass is 16.5. The number of hydrogen-bond donors (Lipinski definition) is 2. The molecule has 0 spiro atoms. The van der Waals surface area contributed by atoms with Crippen molar-refractivity contribution >= 4 is 18.0 Å². The van der Waals surface area contributed by atoms with E-state index in [0.29, 0.717) is 0 Å². The number of carboxylic acid groups (broad SMARTS) is 1. The normalized spacial score (nSPS) is 14.0. The van der Waals surface area contributed by atoms with Crippen molar-refractivity contribution in [3.8, 4) is 11.1 Å². The number of alkyl carbamates (subject to hydrolysis) is 1. The Labute approximate surface area is 207 Å². The van der Waals surface area contributed by atoms with Crippen LogP contribution in [0.15, 0.2) is 48.5 Å². The zero-order valence-corrected chi connectivity index (χ0v) is 21.4. The van der Waals surface area contributed by atoms with E-state index < -0.39 is 29.1 Å². The molecule has 0 unspecified atom stereocenters. The summed E-state index contributed by atoms with van der Waals surface area (Å²) in [5, 5.41) is 11.9. The molecule has 0 saturated carbocycles. The van der Waals surface area contributed by atoms with Crippen molar-refractivity contribution in [2.24, 2.45) is 5.41 Å². The van der Waals surface area contributed by atoms with Gasteiger partial charge in [-0.1, -0.05) is 69.3 Å². The van der Waals surface area contributed by atoms with Crippen molar-refractivity contribution in [1.82, 2.24) is 10.2 Å². The van der Waals surface area contributed by atoms with Crippen molar-refractivity contribution < 1.29 is 24.2 Å². The molecule has 7 nitrogen and oxygen atoms in total. The lowest BCUT2D eigenvalue weighted by Gasteiger charge is -2.41. The Morgan fingerprint density at radius 1 is 0.943 bits per heavy atom. The van der Waals surface area contributed by atoms with E-state index in [2.05, 4.69) is 17.4 Å². The minimum Gasteiger partial charge on any atom is -0.481 e. The van der Waals surface area contributed by atoms with E-state index in [1.807, 2.05) is 77.9 Å². The molecule has 1 aliphatic carbocycles. The Balaban J connectivity index is 1.75. The number of fused-ring (bicyclic) bond motifs is 3. The minimum atomic E-state index is -0.983. The second-order valence-corrected chi connectivity index (χ2v) is 11.1. The molecule has 0 fully saturated rings. The molecule has 3 rings (SSSR count). The molecule has 0 aliphatic heterocycles. The average Bonchev–Trinajstić information content (AvgIpc) is 3.08. The monoisotopic (exact) mass is 480 g/mol. The fourth-order valence-electron chi connectivity index (χ4n) is 4.55. The molecular formula is C28H36N2O5. The number of amides is 2. The number of nitrogens with zero attached hydrogens (tertiary/aromatic N) is 1. The van der Waals surface area contributed by atoms with Crippen LogP contribution in [0, 0.1) is 5.41 Å². The molecule has 35 heavy (non-hydrogen) atoms. The van der Waals surface area contributed by atoms with Gasteiger partial charge in [0, 0.05) is 18.0 Å². The maximum Gasteiger partial charge on any atom is 0.407 e. The molecule has 1 atom stereocenters. The van der Waals surface area contributed by atoms with Crippen LogP contribution in [0.4, 0.5) is 4.79 Å². The van der Waals surface area contributed by atoms with Crippen molar-refractivity contribution in [3.63, 3.8) is 0 Å². The van der Waals surface area contributed by atoms with Gasteiger partial charge in [0.1, 0.15) is 12.6 Å². The van der Waals surface area contributed by atoms with Crippen LogP contribution in [0.1, 0.15) is 65.0 Å². The Bertz CT molecular complexity index is 1050. The second-order valence-electron chi connectivity index (χ2n) is 11.1. The first-order valence-electron chi connectivity index (χ1n) is 12.0. The largest absolute Gasteiger partial charge is 0.481 e. The topological polar surface area (TPSA) is 95.9 Å². The molecule has 2 aromatic carbocycles. The summed E-state index contributed by atoms with van der Waals surface area (Å²) in [5.74, 6) is -1.40. The summed E-state index contributed by atoms with van der Waals surface area (Å²) < 4.78 is 5.66. The van der Waals surface area contributed by atoms with E-state index >= 15 is 0 Å². The number of ether oxygens (including phenoxy) is 1. The van der Waals surface area contributed by atoms with Gasteiger partial charge in [0.15, 0.2) is 0 Å². The van der Waals surface area contributed by atoms with E-state index in [4.69, 9.17) is 9.84 Å². The minimum absolute atomic E-state index is 0.0522. The maximum absolute atomic E-state index is 13.5. The van der Waals surface area contributed by atoms with Gasteiger partial charge in [-0.3, -0.25) is 9.59 Å². The third kappa shape index (κ3) is 6.02. The van der Waals surface area contributed by atoms with Gasteiger partial charge in [-0.15, -0.1) is 0 Å².